The summed E-state index contributed by atoms with van der Waals surface area (Å²) in [7, 11) is 2.11. The lowest BCUT2D eigenvalue weighted by Gasteiger charge is -2.29. The average molecular weight is 246 g/mol. The summed E-state index contributed by atoms with van der Waals surface area (Å²) in [5.74, 6) is 0. The van der Waals surface area contributed by atoms with Gasteiger partial charge >= 0.3 is 0 Å². The summed E-state index contributed by atoms with van der Waals surface area (Å²) in [4.78, 5) is 3.58. The summed E-state index contributed by atoms with van der Waals surface area (Å²) in [6.45, 7) is 2.76. The number of hydrogen-bond acceptors (Lipinski definition) is 3. The van der Waals surface area contributed by atoms with Gasteiger partial charge in [-0.15, -0.1) is 11.3 Å². The van der Waals surface area contributed by atoms with E-state index in [9.17, 15) is 0 Å². The van der Waals surface area contributed by atoms with Crippen LogP contribution in [-0.2, 0) is 0 Å². The zero-order valence-corrected chi connectivity index (χ0v) is 11.1. The van der Waals surface area contributed by atoms with Gasteiger partial charge in [-0.25, -0.2) is 0 Å². The van der Waals surface area contributed by atoms with Crippen molar-refractivity contribution in [1.29, 1.82) is 0 Å². The number of nitrogens with two attached hydrogens (primary N) is 1. The van der Waals surface area contributed by atoms with Gasteiger partial charge in [-0.3, -0.25) is 0 Å². The number of aryl methyl sites for hydroxylation is 1. The second kappa shape index (κ2) is 5.34. The van der Waals surface area contributed by atoms with Crippen molar-refractivity contribution in [2.75, 3.05) is 18.5 Å². The van der Waals surface area contributed by atoms with Crippen molar-refractivity contribution >= 4 is 17.0 Å². The summed E-state index contributed by atoms with van der Waals surface area (Å²) in [6.07, 6.45) is 0. The van der Waals surface area contributed by atoms with Crippen LogP contribution in [0.2, 0.25) is 0 Å². The summed E-state index contributed by atoms with van der Waals surface area (Å²) < 4.78 is 0. The highest BCUT2D eigenvalue weighted by atomic mass is 32.1. The Hall–Kier alpha value is -1.32. The summed E-state index contributed by atoms with van der Waals surface area (Å²) >= 11 is 1.76. The maximum atomic E-state index is 5.92. The second-order valence-electron chi connectivity index (χ2n) is 4.16. The molecule has 1 atom stereocenters. The molecule has 0 spiro atoms. The summed E-state index contributed by atoms with van der Waals surface area (Å²) in [6, 6.07) is 12.9. The normalized spacial score (nSPS) is 12.4. The molecule has 0 aliphatic heterocycles. The largest absolute Gasteiger partial charge is 0.365 e. The predicted molar refractivity (Wildman–Crippen MR) is 75.7 cm³/mol. The number of thiophene rings is 1. The third-order valence-corrected chi connectivity index (χ3v) is 4.03. The van der Waals surface area contributed by atoms with Gasteiger partial charge < -0.3 is 10.6 Å². The number of rotatable bonds is 4. The van der Waals surface area contributed by atoms with Crippen LogP contribution in [0.5, 0.6) is 0 Å². The molecule has 0 saturated heterocycles. The van der Waals surface area contributed by atoms with Gasteiger partial charge in [-0.05, 0) is 30.0 Å². The Morgan fingerprint density at radius 3 is 2.59 bits per heavy atom. The molecule has 3 heteroatoms. The number of benzene rings is 1. The van der Waals surface area contributed by atoms with E-state index in [0.29, 0.717) is 6.54 Å². The molecule has 0 aliphatic carbocycles. The molecule has 2 aromatic rings. The topological polar surface area (TPSA) is 29.3 Å². The fourth-order valence-electron chi connectivity index (χ4n) is 2.07. The Morgan fingerprint density at radius 1 is 1.24 bits per heavy atom. The standard InChI is InChI=1S/C14H18N2S/c1-11-6-3-4-7-12(11)16(2)13(10-15)14-8-5-9-17-14/h3-9,13H,10,15H2,1-2H3. The van der Waals surface area contributed by atoms with Crippen molar-refractivity contribution < 1.29 is 0 Å². The second-order valence-corrected chi connectivity index (χ2v) is 5.14. The van der Waals surface area contributed by atoms with Gasteiger partial charge in [0.1, 0.15) is 0 Å². The molecule has 2 rings (SSSR count). The van der Waals surface area contributed by atoms with Crippen molar-refractivity contribution in [3.8, 4) is 0 Å². The van der Waals surface area contributed by atoms with Crippen LogP contribution < -0.4 is 10.6 Å². The van der Waals surface area contributed by atoms with Gasteiger partial charge in [0.2, 0.25) is 0 Å². The van der Waals surface area contributed by atoms with Crippen LogP contribution in [0.4, 0.5) is 5.69 Å². The van der Waals surface area contributed by atoms with Crippen molar-refractivity contribution in [3.05, 3.63) is 52.2 Å². The number of anilines is 1. The third kappa shape index (κ3) is 2.51. The molecule has 0 bridgehead atoms. The van der Waals surface area contributed by atoms with Crippen LogP contribution >= 0.6 is 11.3 Å². The number of nitrogens with zero attached hydrogens (tertiary/aromatic N) is 1. The van der Waals surface area contributed by atoms with E-state index in [4.69, 9.17) is 5.73 Å². The van der Waals surface area contributed by atoms with Crippen molar-refractivity contribution in [1.82, 2.24) is 0 Å². The van der Waals surface area contributed by atoms with E-state index in [0.717, 1.165) is 0 Å². The minimum absolute atomic E-state index is 0.260. The SMILES string of the molecule is Cc1ccccc1N(C)C(CN)c1cccs1. The zero-order chi connectivity index (χ0) is 12.3. The van der Waals surface area contributed by atoms with Crippen molar-refractivity contribution in [3.63, 3.8) is 0 Å². The van der Waals surface area contributed by atoms with Crippen LogP contribution in [0.3, 0.4) is 0 Å². The molecule has 1 heterocycles. The summed E-state index contributed by atoms with van der Waals surface area (Å²) in [5.41, 5.74) is 8.45. The molecule has 0 saturated carbocycles. The van der Waals surface area contributed by atoms with E-state index < -0.39 is 0 Å². The summed E-state index contributed by atoms with van der Waals surface area (Å²) in [5, 5.41) is 2.10. The highest BCUT2D eigenvalue weighted by molar-refractivity contribution is 7.10. The first-order chi connectivity index (χ1) is 8.24. The lowest BCUT2D eigenvalue weighted by molar-refractivity contribution is 0.691. The monoisotopic (exact) mass is 246 g/mol. The molecular formula is C14H18N2S. The molecule has 1 unspecified atom stereocenters. The molecule has 0 aliphatic rings. The van der Waals surface area contributed by atoms with Crippen molar-refractivity contribution in [2.45, 2.75) is 13.0 Å². The molecule has 1 aromatic heterocycles. The van der Waals surface area contributed by atoms with E-state index in [1.165, 1.54) is 16.1 Å². The Labute approximate surface area is 107 Å². The fraction of sp³-hybridized carbons (Fsp3) is 0.286. The molecule has 2 nitrogen and oxygen atoms in total. The molecule has 17 heavy (non-hydrogen) atoms. The maximum Gasteiger partial charge on any atom is 0.0753 e. The first-order valence-corrected chi connectivity index (χ1v) is 6.64. The van der Waals surface area contributed by atoms with Crippen molar-refractivity contribution in [2.24, 2.45) is 5.73 Å². The Morgan fingerprint density at radius 2 is 2.00 bits per heavy atom. The lowest BCUT2D eigenvalue weighted by atomic mass is 10.1. The predicted octanol–water partition coefficient (Wildman–Crippen LogP) is 3.19. The first kappa shape index (κ1) is 12.1. The van der Waals surface area contributed by atoms with E-state index in [1.54, 1.807) is 11.3 Å². The first-order valence-electron chi connectivity index (χ1n) is 5.76. The zero-order valence-electron chi connectivity index (χ0n) is 10.3. The number of hydrogen-bond donors (Lipinski definition) is 1. The quantitative estimate of drug-likeness (QED) is 0.897. The Balaban J connectivity index is 2.30. The molecule has 0 radical (unpaired) electrons. The highest BCUT2D eigenvalue weighted by Gasteiger charge is 2.17. The molecular weight excluding hydrogens is 228 g/mol. The molecule has 2 N–H and O–H groups in total. The number of para-hydroxylation sites is 1. The van der Waals surface area contributed by atoms with Gasteiger partial charge in [-0.1, -0.05) is 24.3 Å². The smallest absolute Gasteiger partial charge is 0.0753 e. The van der Waals surface area contributed by atoms with Gasteiger partial charge in [0.05, 0.1) is 6.04 Å². The molecule has 1 aromatic carbocycles. The average Bonchev–Trinajstić information content (AvgIpc) is 2.84. The van der Waals surface area contributed by atoms with Crippen LogP contribution in [0, 0.1) is 6.92 Å². The van der Waals surface area contributed by atoms with Gasteiger partial charge in [0.25, 0.3) is 0 Å². The van der Waals surface area contributed by atoms with Crippen LogP contribution in [0.25, 0.3) is 0 Å². The number of likely N-dealkylation sites (N-methyl/N-ethyl adjacent to an activating group) is 1. The molecule has 0 amide bonds. The van der Waals surface area contributed by atoms with E-state index in [2.05, 4.69) is 60.6 Å². The minimum atomic E-state index is 0.260. The van der Waals surface area contributed by atoms with E-state index in [1.807, 2.05) is 0 Å². The van der Waals surface area contributed by atoms with Crippen LogP contribution in [0.15, 0.2) is 41.8 Å². The Kier molecular flexibility index (Phi) is 3.82. The third-order valence-electron chi connectivity index (χ3n) is 3.06. The fourth-order valence-corrected chi connectivity index (χ4v) is 2.96. The van der Waals surface area contributed by atoms with Crippen LogP contribution in [0.1, 0.15) is 16.5 Å². The van der Waals surface area contributed by atoms with E-state index >= 15 is 0 Å². The van der Waals surface area contributed by atoms with Gasteiger partial charge in [-0.2, -0.15) is 0 Å². The van der Waals surface area contributed by atoms with Gasteiger partial charge in [0.15, 0.2) is 0 Å². The van der Waals surface area contributed by atoms with E-state index in [-0.39, 0.29) is 6.04 Å². The van der Waals surface area contributed by atoms with Gasteiger partial charge in [0, 0.05) is 24.2 Å². The molecule has 90 valence electrons. The minimum Gasteiger partial charge on any atom is -0.365 e. The highest BCUT2D eigenvalue weighted by Crippen LogP contribution is 2.29. The maximum absolute atomic E-state index is 5.92. The Bertz CT molecular complexity index is 465. The van der Waals surface area contributed by atoms with Crippen LogP contribution in [-0.4, -0.2) is 13.6 Å². The molecule has 0 fully saturated rings. The lowest BCUT2D eigenvalue weighted by Crippen LogP contribution is -2.30.